The van der Waals surface area contributed by atoms with Crippen molar-refractivity contribution in [3.63, 3.8) is 0 Å². The fourth-order valence-electron chi connectivity index (χ4n) is 5.05. The lowest BCUT2D eigenvalue weighted by atomic mass is 9.79. The van der Waals surface area contributed by atoms with Gasteiger partial charge >= 0.3 is 0 Å². The number of piperidine rings is 1. The quantitative estimate of drug-likeness (QED) is 0.350. The van der Waals surface area contributed by atoms with Crippen molar-refractivity contribution < 1.29 is 13.9 Å². The Labute approximate surface area is 218 Å². The number of anilines is 1. The fraction of sp³-hybridized carbons (Fsp3) is 0.321. The van der Waals surface area contributed by atoms with Crippen molar-refractivity contribution in [1.29, 1.82) is 0 Å². The Morgan fingerprint density at radius 2 is 1.95 bits per heavy atom. The molecule has 1 saturated carbocycles. The van der Waals surface area contributed by atoms with Crippen LogP contribution < -0.4 is 10.6 Å². The van der Waals surface area contributed by atoms with E-state index in [2.05, 4.69) is 32.2 Å². The van der Waals surface area contributed by atoms with Crippen molar-refractivity contribution in [3.05, 3.63) is 78.2 Å². The predicted molar refractivity (Wildman–Crippen MR) is 140 cm³/mol. The second-order valence-corrected chi connectivity index (χ2v) is 9.85. The molecule has 3 N–H and O–H groups in total. The van der Waals surface area contributed by atoms with E-state index in [0.29, 0.717) is 40.9 Å². The van der Waals surface area contributed by atoms with Gasteiger partial charge in [-0.25, -0.2) is 18.7 Å². The van der Waals surface area contributed by atoms with Crippen LogP contribution in [0.5, 0.6) is 0 Å². The summed E-state index contributed by atoms with van der Waals surface area (Å²) in [7, 11) is 0. The van der Waals surface area contributed by atoms with Gasteiger partial charge in [0.2, 0.25) is 0 Å². The zero-order valence-corrected chi connectivity index (χ0v) is 20.7. The van der Waals surface area contributed by atoms with Gasteiger partial charge in [0, 0.05) is 41.5 Å². The second kappa shape index (κ2) is 10.1. The van der Waals surface area contributed by atoms with Crippen LogP contribution in [0.4, 0.5) is 14.6 Å². The van der Waals surface area contributed by atoms with Gasteiger partial charge in [0.05, 0.1) is 35.8 Å². The Balaban J connectivity index is 1.43. The Morgan fingerprint density at radius 3 is 2.71 bits per heavy atom. The lowest BCUT2D eigenvalue weighted by molar-refractivity contribution is 0.128. The number of pyridine rings is 3. The first kappa shape index (κ1) is 24.4. The minimum atomic E-state index is -0.814. The van der Waals surface area contributed by atoms with Crippen LogP contribution in [-0.2, 0) is 0 Å². The highest BCUT2D eigenvalue weighted by atomic mass is 19.1. The summed E-state index contributed by atoms with van der Waals surface area (Å²) in [6.07, 6.45) is 9.72. The molecule has 6 rings (SSSR count). The van der Waals surface area contributed by atoms with Crippen LogP contribution >= 0.6 is 0 Å². The monoisotopic (exact) mass is 515 g/mol. The topological polar surface area (TPSA) is 109 Å². The van der Waals surface area contributed by atoms with Gasteiger partial charge in [-0.2, -0.15) is 0 Å². The van der Waals surface area contributed by atoms with Gasteiger partial charge in [0.1, 0.15) is 17.3 Å². The number of aliphatic hydroxyl groups is 1. The molecule has 8 nitrogen and oxygen atoms in total. The van der Waals surface area contributed by atoms with Gasteiger partial charge < -0.3 is 15.7 Å². The average molecular weight is 516 g/mol. The van der Waals surface area contributed by atoms with Crippen molar-refractivity contribution >= 4 is 22.3 Å². The number of rotatable bonds is 6. The van der Waals surface area contributed by atoms with Crippen molar-refractivity contribution in [2.45, 2.75) is 43.7 Å². The average Bonchev–Trinajstić information content (AvgIpc) is 2.89. The van der Waals surface area contributed by atoms with E-state index < -0.39 is 17.7 Å². The predicted octanol–water partition coefficient (Wildman–Crippen LogP) is 4.22. The highest BCUT2D eigenvalue weighted by molar-refractivity contribution is 5.93. The van der Waals surface area contributed by atoms with E-state index in [-0.39, 0.29) is 17.3 Å². The molecule has 0 radical (unpaired) electrons. The number of fused-ring (bicyclic) bond motifs is 1. The molecule has 2 atom stereocenters. The summed E-state index contributed by atoms with van der Waals surface area (Å²) in [6.45, 7) is 5.24. The zero-order valence-electron chi connectivity index (χ0n) is 20.7. The summed E-state index contributed by atoms with van der Waals surface area (Å²) in [5, 5.41) is 18.3. The molecule has 0 amide bonds. The number of aliphatic hydroxyl groups excluding tert-OH is 1. The molecule has 4 aromatic rings. The van der Waals surface area contributed by atoms with E-state index in [0.717, 1.165) is 49.0 Å². The molecule has 2 aliphatic rings. The molecule has 1 aliphatic heterocycles. The van der Waals surface area contributed by atoms with Crippen molar-refractivity contribution in [2.75, 3.05) is 18.4 Å². The maximum atomic E-state index is 14.4. The number of hydrogen-bond donors (Lipinski definition) is 3. The van der Waals surface area contributed by atoms with Crippen LogP contribution in [0.15, 0.2) is 49.6 Å². The van der Waals surface area contributed by atoms with Crippen LogP contribution in [0.2, 0.25) is 0 Å². The number of nitrogens with zero attached hydrogens (tertiary/aromatic N) is 5. The first-order chi connectivity index (χ1) is 18.5. The zero-order chi connectivity index (χ0) is 26.2. The lowest BCUT2D eigenvalue weighted by Crippen LogP contribution is -2.47. The Morgan fingerprint density at radius 1 is 1.08 bits per heavy atom. The minimum absolute atomic E-state index is 0.0768. The molecular formula is C28H27F2N7O. The van der Waals surface area contributed by atoms with Gasteiger partial charge in [-0.1, -0.05) is 13.0 Å². The summed E-state index contributed by atoms with van der Waals surface area (Å²) >= 11 is 0. The molecule has 2 fully saturated rings. The summed E-state index contributed by atoms with van der Waals surface area (Å²) in [5.74, 6) is -0.0818. The maximum Gasteiger partial charge on any atom is 0.162 e. The van der Waals surface area contributed by atoms with Crippen molar-refractivity contribution in [1.82, 2.24) is 30.2 Å². The SMILES string of the molecule is C=C(c1cc(-c2nc(NC3CCNCC3O)c3c(C4CCC4)cncc3n2)ccn1)c1ncc(F)cc1F. The van der Waals surface area contributed by atoms with Gasteiger partial charge in [0.25, 0.3) is 0 Å². The Hall–Kier alpha value is -3.89. The molecule has 4 aromatic heterocycles. The maximum absolute atomic E-state index is 14.4. The number of halogens is 2. The molecule has 0 bridgehead atoms. The van der Waals surface area contributed by atoms with Crippen molar-refractivity contribution in [3.8, 4) is 11.4 Å². The Bertz CT molecular complexity index is 1520. The standard InChI is InChI=1S/C28H27F2N7O/c1-15(26-20(30)10-18(29)11-34-26)22-9-17(5-8-33-22)27-36-23-13-32-12-19(16-3-2-4-16)25(23)28(37-27)35-21-6-7-31-14-24(21)38/h5,8-13,16,21,24,31,38H,1-4,6-7,14H2,(H,35,36,37). The summed E-state index contributed by atoms with van der Waals surface area (Å²) in [4.78, 5) is 22.4. The largest absolute Gasteiger partial charge is 0.390 e. The lowest BCUT2D eigenvalue weighted by Gasteiger charge is -2.31. The van der Waals surface area contributed by atoms with Crippen LogP contribution in [0.1, 0.15) is 48.6 Å². The van der Waals surface area contributed by atoms with E-state index in [9.17, 15) is 13.9 Å². The summed E-state index contributed by atoms with van der Waals surface area (Å²) in [5.41, 5.74) is 2.97. The van der Waals surface area contributed by atoms with Crippen LogP contribution in [0.3, 0.4) is 0 Å². The van der Waals surface area contributed by atoms with Crippen LogP contribution in [-0.4, -0.2) is 55.3 Å². The van der Waals surface area contributed by atoms with Crippen LogP contribution in [0, 0.1) is 11.6 Å². The second-order valence-electron chi connectivity index (χ2n) is 9.85. The van der Waals surface area contributed by atoms with Crippen LogP contribution in [0.25, 0.3) is 27.9 Å². The fourth-order valence-corrected chi connectivity index (χ4v) is 5.05. The number of nitrogens with one attached hydrogen (secondary N) is 2. The molecule has 0 aromatic carbocycles. The molecule has 1 saturated heterocycles. The van der Waals surface area contributed by atoms with Gasteiger partial charge in [0.15, 0.2) is 11.6 Å². The van der Waals surface area contributed by atoms with Gasteiger partial charge in [-0.3, -0.25) is 15.0 Å². The van der Waals surface area contributed by atoms with E-state index >= 15 is 0 Å². The molecule has 38 heavy (non-hydrogen) atoms. The molecular weight excluding hydrogens is 488 g/mol. The Kier molecular flexibility index (Phi) is 6.50. The normalized spacial score (nSPS) is 19.8. The molecule has 194 valence electrons. The van der Waals surface area contributed by atoms with E-state index in [1.807, 2.05) is 6.20 Å². The third kappa shape index (κ3) is 4.61. The van der Waals surface area contributed by atoms with E-state index in [1.165, 1.54) is 6.42 Å². The first-order valence-corrected chi connectivity index (χ1v) is 12.8. The third-order valence-electron chi connectivity index (χ3n) is 7.37. The molecule has 2 unspecified atom stereocenters. The number of hydrogen-bond acceptors (Lipinski definition) is 8. The smallest absolute Gasteiger partial charge is 0.162 e. The highest BCUT2D eigenvalue weighted by Crippen LogP contribution is 2.41. The summed E-state index contributed by atoms with van der Waals surface area (Å²) < 4.78 is 27.7. The molecule has 1 aliphatic carbocycles. The summed E-state index contributed by atoms with van der Waals surface area (Å²) in [6, 6.07) is 4.08. The van der Waals surface area contributed by atoms with Gasteiger partial charge in [-0.15, -0.1) is 0 Å². The minimum Gasteiger partial charge on any atom is -0.390 e. The molecule has 0 spiro atoms. The third-order valence-corrected chi connectivity index (χ3v) is 7.37. The van der Waals surface area contributed by atoms with Gasteiger partial charge in [-0.05, 0) is 49.4 Å². The van der Waals surface area contributed by atoms with E-state index in [1.54, 1.807) is 24.5 Å². The number of β-amino-alcohol motifs (C(OH)–C–C–N with tert-alkyl or cyclic N) is 1. The molecule has 10 heteroatoms. The van der Waals surface area contributed by atoms with Crippen molar-refractivity contribution in [2.24, 2.45) is 0 Å². The number of aromatic nitrogens is 5. The van der Waals surface area contributed by atoms with E-state index in [4.69, 9.17) is 9.97 Å². The first-order valence-electron chi connectivity index (χ1n) is 12.8. The highest BCUT2D eigenvalue weighted by Gasteiger charge is 2.28. The molecule has 5 heterocycles.